The van der Waals surface area contributed by atoms with E-state index in [9.17, 15) is 4.79 Å². The molecule has 1 atom stereocenters. The zero-order valence-electron chi connectivity index (χ0n) is 11.5. The van der Waals surface area contributed by atoms with Crippen LogP contribution in [0.15, 0.2) is 0 Å². The zero-order valence-corrected chi connectivity index (χ0v) is 11.5. The van der Waals surface area contributed by atoms with Gasteiger partial charge in [0, 0.05) is 0 Å². The molecule has 0 bridgehead atoms. The van der Waals surface area contributed by atoms with Crippen LogP contribution >= 0.6 is 0 Å². The van der Waals surface area contributed by atoms with Crippen molar-refractivity contribution in [2.24, 2.45) is 11.7 Å². The average Bonchev–Trinajstić information content (AvgIpc) is 2.33. The number of ether oxygens (including phenoxy) is 1. The van der Waals surface area contributed by atoms with Crippen LogP contribution in [0.4, 0.5) is 0 Å². The molecule has 0 fully saturated rings. The quantitative estimate of drug-likeness (QED) is 0.447. The van der Waals surface area contributed by atoms with Crippen LogP contribution in [-0.4, -0.2) is 19.1 Å². The van der Waals surface area contributed by atoms with Crippen LogP contribution in [0, 0.1) is 5.92 Å². The molecule has 0 saturated carbocycles. The van der Waals surface area contributed by atoms with Crippen molar-refractivity contribution in [3.63, 3.8) is 0 Å². The molecule has 0 aromatic heterocycles. The van der Waals surface area contributed by atoms with E-state index in [-0.39, 0.29) is 11.9 Å². The fourth-order valence-corrected chi connectivity index (χ4v) is 1.91. The van der Waals surface area contributed by atoms with Crippen LogP contribution in [0.2, 0.25) is 0 Å². The molecule has 1 unspecified atom stereocenters. The smallest absolute Gasteiger partial charge is 0.308 e. The summed E-state index contributed by atoms with van der Waals surface area (Å²) in [6, 6.07) is 0. The van der Waals surface area contributed by atoms with Crippen LogP contribution in [0.3, 0.4) is 0 Å². The van der Waals surface area contributed by atoms with Crippen molar-refractivity contribution in [3.8, 4) is 0 Å². The highest BCUT2D eigenvalue weighted by atomic mass is 16.5. The Bertz CT molecular complexity index is 183. The van der Waals surface area contributed by atoms with Crippen LogP contribution < -0.4 is 5.73 Å². The average molecular weight is 243 g/mol. The summed E-state index contributed by atoms with van der Waals surface area (Å²) in [5, 5.41) is 0. The van der Waals surface area contributed by atoms with Crippen LogP contribution in [-0.2, 0) is 9.53 Å². The molecule has 0 rings (SSSR count). The summed E-state index contributed by atoms with van der Waals surface area (Å²) < 4.78 is 5.29. The molecule has 3 heteroatoms. The Balaban J connectivity index is 3.79. The Hall–Kier alpha value is -0.570. The first-order valence-electron chi connectivity index (χ1n) is 7.12. The van der Waals surface area contributed by atoms with Gasteiger partial charge in [-0.1, -0.05) is 39.5 Å². The highest BCUT2D eigenvalue weighted by Crippen LogP contribution is 2.17. The molecule has 0 radical (unpaired) electrons. The van der Waals surface area contributed by atoms with Gasteiger partial charge in [0.05, 0.1) is 12.5 Å². The Morgan fingerprint density at radius 2 is 1.82 bits per heavy atom. The highest BCUT2D eigenvalue weighted by Gasteiger charge is 2.18. The molecule has 17 heavy (non-hydrogen) atoms. The second kappa shape index (κ2) is 11.9. The van der Waals surface area contributed by atoms with Crippen molar-refractivity contribution in [1.29, 1.82) is 0 Å². The summed E-state index contributed by atoms with van der Waals surface area (Å²) in [7, 11) is 0. The molecule has 0 aromatic carbocycles. The summed E-state index contributed by atoms with van der Waals surface area (Å²) in [5.74, 6) is 0.115. The predicted molar refractivity (Wildman–Crippen MR) is 71.8 cm³/mol. The Kier molecular flexibility index (Phi) is 11.5. The van der Waals surface area contributed by atoms with Crippen molar-refractivity contribution >= 4 is 5.97 Å². The summed E-state index contributed by atoms with van der Waals surface area (Å²) in [6.07, 6.45) is 8.35. The van der Waals surface area contributed by atoms with Gasteiger partial charge in [-0.25, -0.2) is 0 Å². The van der Waals surface area contributed by atoms with E-state index in [1.54, 1.807) is 0 Å². The van der Waals surface area contributed by atoms with E-state index in [0.29, 0.717) is 13.2 Å². The molecular weight excluding hydrogens is 214 g/mol. The molecule has 2 N–H and O–H groups in total. The summed E-state index contributed by atoms with van der Waals surface area (Å²) in [6.45, 7) is 5.50. The van der Waals surface area contributed by atoms with Gasteiger partial charge >= 0.3 is 5.97 Å². The molecule has 0 saturated heterocycles. The maximum atomic E-state index is 11.8. The SMILES string of the molecule is CCCCCC(CCC)C(=O)OCCCCN. The Morgan fingerprint density at radius 1 is 1.06 bits per heavy atom. The van der Waals surface area contributed by atoms with Crippen molar-refractivity contribution in [3.05, 3.63) is 0 Å². The minimum atomic E-state index is -0.0000236. The topological polar surface area (TPSA) is 52.3 Å². The van der Waals surface area contributed by atoms with E-state index in [1.807, 2.05) is 0 Å². The lowest BCUT2D eigenvalue weighted by atomic mass is 9.97. The lowest BCUT2D eigenvalue weighted by Crippen LogP contribution is -2.18. The van der Waals surface area contributed by atoms with Gasteiger partial charge in [-0.2, -0.15) is 0 Å². The lowest BCUT2D eigenvalue weighted by Gasteiger charge is -2.15. The van der Waals surface area contributed by atoms with E-state index in [1.165, 1.54) is 12.8 Å². The van der Waals surface area contributed by atoms with E-state index in [2.05, 4.69) is 13.8 Å². The second-order valence-corrected chi connectivity index (χ2v) is 4.64. The van der Waals surface area contributed by atoms with Gasteiger partial charge in [-0.05, 0) is 32.2 Å². The van der Waals surface area contributed by atoms with Crippen LogP contribution in [0.25, 0.3) is 0 Å². The minimum absolute atomic E-state index is 0.0000236. The van der Waals surface area contributed by atoms with Gasteiger partial charge in [0.25, 0.3) is 0 Å². The molecule has 0 aliphatic carbocycles. The third kappa shape index (κ3) is 9.16. The van der Waals surface area contributed by atoms with E-state index in [0.717, 1.165) is 38.5 Å². The predicted octanol–water partition coefficient (Wildman–Crippen LogP) is 3.27. The zero-order chi connectivity index (χ0) is 12.9. The molecule has 0 heterocycles. The van der Waals surface area contributed by atoms with Gasteiger partial charge < -0.3 is 10.5 Å². The van der Waals surface area contributed by atoms with Gasteiger partial charge in [-0.3, -0.25) is 4.79 Å². The number of hydrogen-bond donors (Lipinski definition) is 1. The number of carbonyl (C=O) groups excluding carboxylic acids is 1. The normalized spacial score (nSPS) is 12.4. The van der Waals surface area contributed by atoms with E-state index < -0.39 is 0 Å². The van der Waals surface area contributed by atoms with Crippen molar-refractivity contribution in [2.45, 2.75) is 65.2 Å². The molecule has 102 valence electrons. The number of nitrogens with two attached hydrogens (primary N) is 1. The molecule has 0 amide bonds. The van der Waals surface area contributed by atoms with Crippen molar-refractivity contribution in [1.82, 2.24) is 0 Å². The van der Waals surface area contributed by atoms with Crippen LogP contribution in [0.1, 0.15) is 65.2 Å². The molecule has 3 nitrogen and oxygen atoms in total. The number of hydrogen-bond acceptors (Lipinski definition) is 3. The molecule has 0 aromatic rings. The summed E-state index contributed by atoms with van der Waals surface area (Å²) in [5.41, 5.74) is 5.39. The van der Waals surface area contributed by atoms with Crippen LogP contribution in [0.5, 0.6) is 0 Å². The third-order valence-corrected chi connectivity index (χ3v) is 2.97. The molecule has 0 aliphatic rings. The van der Waals surface area contributed by atoms with E-state index >= 15 is 0 Å². The number of rotatable bonds is 11. The fraction of sp³-hybridized carbons (Fsp3) is 0.929. The van der Waals surface area contributed by atoms with Gasteiger partial charge in [0.1, 0.15) is 0 Å². The Morgan fingerprint density at radius 3 is 2.41 bits per heavy atom. The Labute approximate surface area is 106 Å². The standard InChI is InChI=1S/C14H29NO2/c1-3-5-6-10-13(9-4-2)14(16)17-12-8-7-11-15/h13H,3-12,15H2,1-2H3. The van der Waals surface area contributed by atoms with Gasteiger partial charge in [-0.15, -0.1) is 0 Å². The van der Waals surface area contributed by atoms with Gasteiger partial charge in [0.15, 0.2) is 0 Å². The number of esters is 1. The maximum absolute atomic E-state index is 11.8. The van der Waals surface area contributed by atoms with Crippen molar-refractivity contribution in [2.75, 3.05) is 13.2 Å². The summed E-state index contributed by atoms with van der Waals surface area (Å²) >= 11 is 0. The number of unbranched alkanes of at least 4 members (excludes halogenated alkanes) is 3. The maximum Gasteiger partial charge on any atom is 0.308 e. The highest BCUT2D eigenvalue weighted by molar-refractivity contribution is 5.72. The fourth-order valence-electron chi connectivity index (χ4n) is 1.91. The lowest BCUT2D eigenvalue weighted by molar-refractivity contribution is -0.149. The molecular formula is C14H29NO2. The minimum Gasteiger partial charge on any atom is -0.465 e. The first kappa shape index (κ1) is 16.4. The van der Waals surface area contributed by atoms with E-state index in [4.69, 9.17) is 10.5 Å². The van der Waals surface area contributed by atoms with Crippen molar-refractivity contribution < 1.29 is 9.53 Å². The monoisotopic (exact) mass is 243 g/mol. The second-order valence-electron chi connectivity index (χ2n) is 4.64. The molecule has 0 aliphatic heterocycles. The first-order valence-corrected chi connectivity index (χ1v) is 7.12. The summed E-state index contributed by atoms with van der Waals surface area (Å²) in [4.78, 5) is 11.8. The largest absolute Gasteiger partial charge is 0.465 e. The van der Waals surface area contributed by atoms with Gasteiger partial charge in [0.2, 0.25) is 0 Å². The number of carbonyl (C=O) groups is 1. The third-order valence-electron chi connectivity index (χ3n) is 2.97. The first-order chi connectivity index (χ1) is 8.26. The molecule has 0 spiro atoms.